The first-order valence-electron chi connectivity index (χ1n) is 7.06. The highest BCUT2D eigenvalue weighted by atomic mass is 16.3. The second kappa shape index (κ2) is 6.61. The molecule has 0 aromatic rings. The molecule has 0 aliphatic heterocycles. The van der Waals surface area contributed by atoms with Gasteiger partial charge in [0.1, 0.15) is 0 Å². The van der Waals surface area contributed by atoms with Crippen molar-refractivity contribution in [3.63, 3.8) is 0 Å². The average molecular weight is 227 g/mol. The van der Waals surface area contributed by atoms with Gasteiger partial charge in [0.05, 0.1) is 0 Å². The zero-order valence-corrected chi connectivity index (χ0v) is 11.3. The largest absolute Gasteiger partial charge is 0.396 e. The smallest absolute Gasteiger partial charge is 0.0499 e. The zero-order chi connectivity index (χ0) is 12.0. The monoisotopic (exact) mass is 227 g/mol. The Kier molecular flexibility index (Phi) is 5.77. The van der Waals surface area contributed by atoms with E-state index in [1.807, 2.05) is 0 Å². The second-order valence-electron chi connectivity index (χ2n) is 5.42. The maximum absolute atomic E-state index is 9.63. The summed E-state index contributed by atoms with van der Waals surface area (Å²) in [6.07, 6.45) is 7.50. The Morgan fingerprint density at radius 3 is 2.19 bits per heavy atom. The Labute approximate surface area is 101 Å². The van der Waals surface area contributed by atoms with Crippen molar-refractivity contribution in [3.8, 4) is 0 Å². The van der Waals surface area contributed by atoms with Gasteiger partial charge in [-0.05, 0) is 38.6 Å². The molecule has 1 fully saturated rings. The van der Waals surface area contributed by atoms with Gasteiger partial charge >= 0.3 is 0 Å². The van der Waals surface area contributed by atoms with E-state index in [1.54, 1.807) is 0 Å². The summed E-state index contributed by atoms with van der Waals surface area (Å²) in [5, 5.41) is 9.63. The van der Waals surface area contributed by atoms with E-state index in [1.165, 1.54) is 32.2 Å². The Morgan fingerprint density at radius 1 is 1.19 bits per heavy atom. The van der Waals surface area contributed by atoms with Gasteiger partial charge in [-0.2, -0.15) is 0 Å². The minimum Gasteiger partial charge on any atom is -0.396 e. The van der Waals surface area contributed by atoms with Crippen LogP contribution in [0, 0.1) is 5.41 Å². The van der Waals surface area contributed by atoms with E-state index >= 15 is 0 Å². The first kappa shape index (κ1) is 14.0. The topological polar surface area (TPSA) is 23.5 Å². The minimum absolute atomic E-state index is 0.149. The SMILES string of the molecule is CCCCN(CC(CC)(CC)CO)C1CC1. The molecule has 0 aromatic heterocycles. The highest BCUT2D eigenvalue weighted by Gasteiger charge is 2.35. The second-order valence-corrected chi connectivity index (χ2v) is 5.42. The lowest BCUT2D eigenvalue weighted by atomic mass is 9.82. The van der Waals surface area contributed by atoms with Crippen LogP contribution < -0.4 is 0 Å². The number of unbranched alkanes of at least 4 members (excludes halogenated alkanes) is 1. The number of nitrogens with zero attached hydrogens (tertiary/aromatic N) is 1. The Balaban J connectivity index is 2.50. The summed E-state index contributed by atoms with van der Waals surface area (Å²) in [7, 11) is 0. The van der Waals surface area contributed by atoms with Crippen molar-refractivity contribution in [1.82, 2.24) is 4.90 Å². The van der Waals surface area contributed by atoms with E-state index in [9.17, 15) is 5.11 Å². The van der Waals surface area contributed by atoms with Crippen LogP contribution >= 0.6 is 0 Å². The van der Waals surface area contributed by atoms with Gasteiger partial charge < -0.3 is 5.11 Å². The van der Waals surface area contributed by atoms with Crippen LogP contribution in [0.1, 0.15) is 59.3 Å². The molecule has 1 aliphatic rings. The molecule has 1 N–H and O–H groups in total. The van der Waals surface area contributed by atoms with Gasteiger partial charge in [-0.25, -0.2) is 0 Å². The number of aliphatic hydroxyl groups excluding tert-OH is 1. The fraction of sp³-hybridized carbons (Fsp3) is 1.00. The van der Waals surface area contributed by atoms with Crippen molar-refractivity contribution < 1.29 is 5.11 Å². The summed E-state index contributed by atoms with van der Waals surface area (Å²) in [5.41, 5.74) is 0.149. The van der Waals surface area contributed by atoms with Gasteiger partial charge in [0.15, 0.2) is 0 Å². The van der Waals surface area contributed by atoms with Gasteiger partial charge in [0, 0.05) is 24.6 Å². The molecule has 0 radical (unpaired) electrons. The Morgan fingerprint density at radius 2 is 1.81 bits per heavy atom. The van der Waals surface area contributed by atoms with Gasteiger partial charge in [-0.1, -0.05) is 27.2 Å². The molecule has 0 heterocycles. The van der Waals surface area contributed by atoms with Crippen LogP contribution in [0.5, 0.6) is 0 Å². The number of rotatable bonds is 9. The Hall–Kier alpha value is -0.0800. The highest BCUT2D eigenvalue weighted by Crippen LogP contribution is 2.33. The predicted octanol–water partition coefficient (Wildman–Crippen LogP) is 3.05. The molecule has 0 saturated heterocycles. The van der Waals surface area contributed by atoms with E-state index in [0.717, 1.165) is 25.4 Å². The summed E-state index contributed by atoms with van der Waals surface area (Å²) in [4.78, 5) is 2.63. The zero-order valence-electron chi connectivity index (χ0n) is 11.3. The van der Waals surface area contributed by atoms with E-state index in [2.05, 4.69) is 25.7 Å². The molecule has 0 bridgehead atoms. The van der Waals surface area contributed by atoms with E-state index < -0.39 is 0 Å². The lowest BCUT2D eigenvalue weighted by Crippen LogP contribution is -2.41. The van der Waals surface area contributed by atoms with Crippen LogP contribution in [0.15, 0.2) is 0 Å². The molecule has 1 rings (SSSR count). The molecule has 2 heteroatoms. The van der Waals surface area contributed by atoms with Crippen molar-refractivity contribution in [1.29, 1.82) is 0 Å². The van der Waals surface area contributed by atoms with Gasteiger partial charge in [0.25, 0.3) is 0 Å². The maximum atomic E-state index is 9.63. The lowest BCUT2D eigenvalue weighted by Gasteiger charge is -2.36. The quantitative estimate of drug-likeness (QED) is 0.654. The molecule has 16 heavy (non-hydrogen) atoms. The van der Waals surface area contributed by atoms with Crippen LogP contribution in [0.2, 0.25) is 0 Å². The Bertz CT molecular complexity index is 177. The average Bonchev–Trinajstić information content (AvgIpc) is 3.15. The third kappa shape index (κ3) is 3.74. The highest BCUT2D eigenvalue weighted by molar-refractivity contribution is 4.89. The summed E-state index contributed by atoms with van der Waals surface area (Å²) in [6.45, 7) is 9.35. The molecule has 0 aromatic carbocycles. The predicted molar refractivity (Wildman–Crippen MR) is 69.6 cm³/mol. The summed E-state index contributed by atoms with van der Waals surface area (Å²) < 4.78 is 0. The molecule has 1 saturated carbocycles. The number of hydrogen-bond donors (Lipinski definition) is 1. The third-order valence-electron chi connectivity index (χ3n) is 4.24. The molecule has 2 nitrogen and oxygen atoms in total. The molecule has 0 amide bonds. The fourth-order valence-electron chi connectivity index (χ4n) is 2.37. The summed E-state index contributed by atoms with van der Waals surface area (Å²) in [6, 6.07) is 0.829. The standard InChI is InChI=1S/C14H29NO/c1-4-7-10-15(13-8-9-13)11-14(5-2,6-3)12-16/h13,16H,4-12H2,1-3H3. The molecule has 0 unspecified atom stereocenters. The van der Waals surface area contributed by atoms with E-state index in [4.69, 9.17) is 0 Å². The summed E-state index contributed by atoms with van der Waals surface area (Å²) in [5.74, 6) is 0. The molecular weight excluding hydrogens is 198 g/mol. The van der Waals surface area contributed by atoms with Crippen molar-refractivity contribution in [2.24, 2.45) is 5.41 Å². The van der Waals surface area contributed by atoms with Gasteiger partial charge in [0.2, 0.25) is 0 Å². The third-order valence-corrected chi connectivity index (χ3v) is 4.24. The van der Waals surface area contributed by atoms with Gasteiger partial charge in [-0.15, -0.1) is 0 Å². The van der Waals surface area contributed by atoms with Crippen LogP contribution in [0.25, 0.3) is 0 Å². The molecule has 96 valence electrons. The lowest BCUT2D eigenvalue weighted by molar-refractivity contribution is 0.0617. The van der Waals surface area contributed by atoms with Crippen LogP contribution in [-0.4, -0.2) is 35.7 Å². The normalized spacial score (nSPS) is 17.1. The minimum atomic E-state index is 0.149. The maximum Gasteiger partial charge on any atom is 0.0499 e. The fourth-order valence-corrected chi connectivity index (χ4v) is 2.37. The molecule has 1 aliphatic carbocycles. The molecular formula is C14H29NO. The van der Waals surface area contributed by atoms with Crippen molar-refractivity contribution in [3.05, 3.63) is 0 Å². The van der Waals surface area contributed by atoms with Crippen molar-refractivity contribution >= 4 is 0 Å². The van der Waals surface area contributed by atoms with Crippen molar-refractivity contribution in [2.45, 2.75) is 65.3 Å². The number of hydrogen-bond acceptors (Lipinski definition) is 2. The number of aliphatic hydroxyl groups is 1. The first-order valence-corrected chi connectivity index (χ1v) is 7.06. The van der Waals surface area contributed by atoms with Gasteiger partial charge in [-0.3, -0.25) is 4.90 Å². The van der Waals surface area contributed by atoms with E-state index in [0.29, 0.717) is 6.61 Å². The van der Waals surface area contributed by atoms with Crippen LogP contribution in [-0.2, 0) is 0 Å². The molecule has 0 atom stereocenters. The van der Waals surface area contributed by atoms with Crippen molar-refractivity contribution in [2.75, 3.05) is 19.7 Å². The molecule has 0 spiro atoms. The van der Waals surface area contributed by atoms with E-state index in [-0.39, 0.29) is 5.41 Å². The van der Waals surface area contributed by atoms with Crippen LogP contribution in [0.4, 0.5) is 0 Å². The first-order chi connectivity index (χ1) is 7.71. The van der Waals surface area contributed by atoms with Crippen LogP contribution in [0.3, 0.4) is 0 Å². The summed E-state index contributed by atoms with van der Waals surface area (Å²) >= 11 is 0.